The Morgan fingerprint density at radius 1 is 1.32 bits per heavy atom. The monoisotopic (exact) mass is 281 g/mol. The fraction of sp³-hybridized carbons (Fsp3) is 0.583. The van der Waals surface area contributed by atoms with Crippen LogP contribution >= 0.6 is 11.8 Å². The summed E-state index contributed by atoms with van der Waals surface area (Å²) in [6.45, 7) is 0. The molecule has 0 aliphatic heterocycles. The molecule has 1 aromatic heterocycles. The standard InChI is InChI=1S/C12H19N5OS/c1-19-9-4-2-8(3-5-9)14-12(18)10-6-7-11(15-13)17-16-10/h6-9H,2-5,13H2,1H3,(H,14,18)(H,15,17). The molecular formula is C12H19N5OS. The number of nitrogen functional groups attached to an aromatic ring is 1. The zero-order chi connectivity index (χ0) is 13.7. The molecule has 0 bridgehead atoms. The van der Waals surface area contributed by atoms with Crippen molar-refractivity contribution in [3.63, 3.8) is 0 Å². The summed E-state index contributed by atoms with van der Waals surface area (Å²) in [6, 6.07) is 3.50. The predicted molar refractivity (Wildman–Crippen MR) is 76.9 cm³/mol. The average molecular weight is 281 g/mol. The van der Waals surface area contributed by atoms with Crippen LogP contribution in [0.5, 0.6) is 0 Å². The third-order valence-corrected chi connectivity index (χ3v) is 4.53. The predicted octanol–water partition coefficient (Wildman–Crippen LogP) is 1.17. The second-order valence-corrected chi connectivity index (χ2v) is 5.77. The van der Waals surface area contributed by atoms with Crippen LogP contribution in [-0.4, -0.2) is 33.7 Å². The maximum atomic E-state index is 12.0. The maximum absolute atomic E-state index is 12.0. The molecule has 1 aliphatic carbocycles. The van der Waals surface area contributed by atoms with Gasteiger partial charge in [0.25, 0.3) is 5.91 Å². The molecule has 0 spiro atoms. The van der Waals surface area contributed by atoms with Crippen molar-refractivity contribution in [2.24, 2.45) is 5.84 Å². The molecule has 0 aromatic carbocycles. The lowest BCUT2D eigenvalue weighted by Gasteiger charge is -2.27. The van der Waals surface area contributed by atoms with Crippen molar-refractivity contribution in [1.29, 1.82) is 0 Å². The summed E-state index contributed by atoms with van der Waals surface area (Å²) in [5.74, 6) is 5.47. The van der Waals surface area contributed by atoms with Gasteiger partial charge in [-0.05, 0) is 44.1 Å². The number of carbonyl (C=O) groups excluding carboxylic acids is 1. The first kappa shape index (κ1) is 14.1. The van der Waals surface area contributed by atoms with Gasteiger partial charge in [-0.3, -0.25) is 4.79 Å². The fourth-order valence-electron chi connectivity index (χ4n) is 2.23. The third-order valence-electron chi connectivity index (χ3n) is 3.39. The van der Waals surface area contributed by atoms with E-state index in [4.69, 9.17) is 5.84 Å². The molecule has 104 valence electrons. The highest BCUT2D eigenvalue weighted by Crippen LogP contribution is 2.26. The van der Waals surface area contributed by atoms with Crippen LogP contribution in [0.2, 0.25) is 0 Å². The Balaban J connectivity index is 1.87. The lowest BCUT2D eigenvalue weighted by atomic mass is 9.95. The van der Waals surface area contributed by atoms with E-state index in [1.807, 2.05) is 11.8 Å². The molecule has 0 atom stereocenters. The van der Waals surface area contributed by atoms with E-state index in [-0.39, 0.29) is 11.9 Å². The van der Waals surface area contributed by atoms with Crippen molar-refractivity contribution in [3.05, 3.63) is 17.8 Å². The SMILES string of the molecule is CSC1CCC(NC(=O)c2ccc(NN)nn2)CC1. The van der Waals surface area contributed by atoms with Crippen LogP contribution in [0.3, 0.4) is 0 Å². The molecule has 0 radical (unpaired) electrons. The Bertz CT molecular complexity index is 417. The molecule has 19 heavy (non-hydrogen) atoms. The number of hydrogen-bond donors (Lipinski definition) is 3. The highest BCUT2D eigenvalue weighted by molar-refractivity contribution is 7.99. The summed E-state index contributed by atoms with van der Waals surface area (Å²) in [5.41, 5.74) is 2.70. The summed E-state index contributed by atoms with van der Waals surface area (Å²) in [7, 11) is 0. The van der Waals surface area contributed by atoms with E-state index in [0.29, 0.717) is 11.5 Å². The molecule has 7 heteroatoms. The van der Waals surface area contributed by atoms with E-state index in [0.717, 1.165) is 30.9 Å². The normalized spacial score (nSPS) is 22.8. The molecule has 1 heterocycles. The van der Waals surface area contributed by atoms with Crippen LogP contribution in [0, 0.1) is 0 Å². The molecule has 1 fully saturated rings. The van der Waals surface area contributed by atoms with Crippen LogP contribution in [-0.2, 0) is 0 Å². The molecule has 1 saturated carbocycles. The summed E-state index contributed by atoms with van der Waals surface area (Å²) in [4.78, 5) is 12.0. The van der Waals surface area contributed by atoms with E-state index in [1.54, 1.807) is 12.1 Å². The minimum Gasteiger partial charge on any atom is -0.348 e. The van der Waals surface area contributed by atoms with Gasteiger partial charge in [-0.1, -0.05) is 0 Å². The van der Waals surface area contributed by atoms with Crippen LogP contribution in [0.1, 0.15) is 36.2 Å². The number of carbonyl (C=O) groups is 1. The highest BCUT2D eigenvalue weighted by Gasteiger charge is 2.22. The van der Waals surface area contributed by atoms with Gasteiger partial charge in [0.2, 0.25) is 0 Å². The largest absolute Gasteiger partial charge is 0.348 e. The van der Waals surface area contributed by atoms with Crippen molar-refractivity contribution in [2.45, 2.75) is 37.0 Å². The van der Waals surface area contributed by atoms with Gasteiger partial charge in [0.1, 0.15) is 0 Å². The van der Waals surface area contributed by atoms with Crippen molar-refractivity contribution < 1.29 is 4.79 Å². The van der Waals surface area contributed by atoms with Gasteiger partial charge in [0.05, 0.1) is 0 Å². The van der Waals surface area contributed by atoms with E-state index >= 15 is 0 Å². The molecule has 2 rings (SSSR count). The number of thioether (sulfide) groups is 1. The van der Waals surface area contributed by atoms with E-state index < -0.39 is 0 Å². The maximum Gasteiger partial charge on any atom is 0.272 e. The third kappa shape index (κ3) is 3.81. The summed E-state index contributed by atoms with van der Waals surface area (Å²) in [5, 5.41) is 11.4. The smallest absolute Gasteiger partial charge is 0.272 e. The number of nitrogens with one attached hydrogen (secondary N) is 2. The first-order valence-corrected chi connectivity index (χ1v) is 7.65. The Morgan fingerprint density at radius 3 is 2.58 bits per heavy atom. The molecule has 0 saturated heterocycles. The fourth-order valence-corrected chi connectivity index (χ4v) is 2.98. The molecule has 1 aromatic rings. The van der Waals surface area contributed by atoms with E-state index in [9.17, 15) is 4.79 Å². The van der Waals surface area contributed by atoms with E-state index in [1.165, 1.54) is 0 Å². The van der Waals surface area contributed by atoms with Gasteiger partial charge >= 0.3 is 0 Å². The molecule has 0 unspecified atom stereocenters. The minimum atomic E-state index is -0.163. The Labute approximate surface area is 116 Å². The Kier molecular flexibility index (Phi) is 4.98. The van der Waals surface area contributed by atoms with Gasteiger partial charge in [0, 0.05) is 11.3 Å². The number of aromatic nitrogens is 2. The summed E-state index contributed by atoms with van der Waals surface area (Å²) >= 11 is 1.91. The molecule has 1 aliphatic rings. The summed E-state index contributed by atoms with van der Waals surface area (Å²) in [6.07, 6.45) is 6.54. The molecule has 6 nitrogen and oxygen atoms in total. The van der Waals surface area contributed by atoms with Crippen LogP contribution in [0.15, 0.2) is 12.1 Å². The van der Waals surface area contributed by atoms with Gasteiger partial charge in [-0.25, -0.2) is 5.84 Å². The van der Waals surface area contributed by atoms with Gasteiger partial charge in [-0.15, -0.1) is 10.2 Å². The van der Waals surface area contributed by atoms with Crippen molar-refractivity contribution >= 4 is 23.5 Å². The second-order valence-electron chi connectivity index (χ2n) is 4.63. The van der Waals surface area contributed by atoms with Gasteiger partial charge in [-0.2, -0.15) is 11.8 Å². The summed E-state index contributed by atoms with van der Waals surface area (Å²) < 4.78 is 0. The quantitative estimate of drug-likeness (QED) is 0.566. The first-order chi connectivity index (χ1) is 9.22. The van der Waals surface area contributed by atoms with Crippen LogP contribution in [0.25, 0.3) is 0 Å². The number of anilines is 1. The van der Waals surface area contributed by atoms with Gasteiger partial charge in [0.15, 0.2) is 11.5 Å². The number of hydrazine groups is 1. The lowest BCUT2D eigenvalue weighted by Crippen LogP contribution is -2.38. The molecular weight excluding hydrogens is 262 g/mol. The lowest BCUT2D eigenvalue weighted by molar-refractivity contribution is 0.0922. The number of hydrogen-bond acceptors (Lipinski definition) is 6. The first-order valence-electron chi connectivity index (χ1n) is 6.37. The van der Waals surface area contributed by atoms with Gasteiger partial charge < -0.3 is 10.7 Å². The topological polar surface area (TPSA) is 92.9 Å². The number of nitrogens with zero attached hydrogens (tertiary/aromatic N) is 2. The minimum absolute atomic E-state index is 0.163. The zero-order valence-corrected chi connectivity index (χ0v) is 11.7. The number of rotatable bonds is 4. The zero-order valence-electron chi connectivity index (χ0n) is 10.9. The molecule has 1 amide bonds. The van der Waals surface area contributed by atoms with Crippen molar-refractivity contribution in [1.82, 2.24) is 15.5 Å². The Hall–Kier alpha value is -1.34. The number of nitrogens with two attached hydrogens (primary N) is 1. The average Bonchev–Trinajstić information content (AvgIpc) is 2.48. The van der Waals surface area contributed by atoms with E-state index in [2.05, 4.69) is 27.2 Å². The second kappa shape index (κ2) is 6.72. The number of amides is 1. The molecule has 4 N–H and O–H groups in total. The van der Waals surface area contributed by atoms with Crippen LogP contribution in [0.4, 0.5) is 5.82 Å². The highest BCUT2D eigenvalue weighted by atomic mass is 32.2. The Morgan fingerprint density at radius 2 is 2.05 bits per heavy atom. The van der Waals surface area contributed by atoms with Crippen molar-refractivity contribution in [2.75, 3.05) is 11.7 Å². The van der Waals surface area contributed by atoms with Crippen LogP contribution < -0.4 is 16.6 Å². The van der Waals surface area contributed by atoms with Crippen molar-refractivity contribution in [3.8, 4) is 0 Å².